The summed E-state index contributed by atoms with van der Waals surface area (Å²) in [4.78, 5) is 0. The van der Waals surface area contributed by atoms with Gasteiger partial charge >= 0.3 is 0 Å². The zero-order chi connectivity index (χ0) is 6.12. The van der Waals surface area contributed by atoms with Crippen molar-refractivity contribution < 1.29 is 4.74 Å². The van der Waals surface area contributed by atoms with Crippen molar-refractivity contribution in [1.82, 2.24) is 0 Å². The van der Waals surface area contributed by atoms with E-state index < -0.39 is 0 Å². The first kappa shape index (κ1) is 9.43. The Kier molecular flexibility index (Phi) is 26.3. The van der Waals surface area contributed by atoms with Crippen LogP contribution >= 0.6 is 0 Å². The van der Waals surface area contributed by atoms with Crippen molar-refractivity contribution in [2.24, 2.45) is 5.73 Å². The number of rotatable bonds is 1. The lowest BCUT2D eigenvalue weighted by molar-refractivity contribution is 0.339. The average Bonchev–Trinajstić information content (AvgIpc) is 1.69. The Bertz CT molecular complexity index is 43.3. The zero-order valence-electron chi connectivity index (χ0n) is 4.55. The number of hydrogen-bond acceptors (Lipinski definition) is 2. The van der Waals surface area contributed by atoms with E-state index in [1.165, 1.54) is 12.5 Å². The van der Waals surface area contributed by atoms with Crippen LogP contribution in [0, 0.1) is 0 Å². The normalized spacial score (nSPS) is 4.71. The summed E-state index contributed by atoms with van der Waals surface area (Å²) >= 11 is 0. The number of hydrogen-bond donors (Lipinski definition) is 1. The largest absolute Gasteiger partial charge is 0.505 e. The van der Waals surface area contributed by atoms with Crippen LogP contribution in [0.2, 0.25) is 0 Å². The van der Waals surface area contributed by atoms with Gasteiger partial charge in [0.1, 0.15) is 0 Å². The first-order valence-electron chi connectivity index (χ1n) is 1.79. The van der Waals surface area contributed by atoms with E-state index in [-0.39, 0.29) is 0 Å². The second-order valence-electron chi connectivity index (χ2n) is 0.638. The van der Waals surface area contributed by atoms with Gasteiger partial charge < -0.3 is 10.5 Å². The van der Waals surface area contributed by atoms with Gasteiger partial charge in [-0.3, -0.25) is 0 Å². The summed E-state index contributed by atoms with van der Waals surface area (Å²) in [5, 5.41) is 0. The van der Waals surface area contributed by atoms with Crippen LogP contribution in [0.25, 0.3) is 0 Å². The SMILES string of the molecule is C=CN.C=COC. The van der Waals surface area contributed by atoms with Crippen molar-refractivity contribution >= 4 is 0 Å². The highest BCUT2D eigenvalue weighted by Gasteiger charge is 1.36. The van der Waals surface area contributed by atoms with Crippen molar-refractivity contribution in [1.29, 1.82) is 0 Å². The molecule has 0 aromatic carbocycles. The van der Waals surface area contributed by atoms with Crippen LogP contribution in [-0.2, 0) is 4.74 Å². The van der Waals surface area contributed by atoms with Gasteiger partial charge in [0.15, 0.2) is 0 Å². The molecule has 7 heavy (non-hydrogen) atoms. The van der Waals surface area contributed by atoms with Gasteiger partial charge in [0.25, 0.3) is 0 Å². The molecule has 0 aliphatic rings. The maximum absolute atomic E-state index is 4.61. The summed E-state index contributed by atoms with van der Waals surface area (Å²) in [5.41, 5.74) is 4.61. The second kappa shape index (κ2) is 19.5. The maximum Gasteiger partial charge on any atom is 0.0766 e. The quantitative estimate of drug-likeness (QED) is 0.497. The van der Waals surface area contributed by atoms with Gasteiger partial charge in [-0.2, -0.15) is 0 Å². The molecule has 0 fully saturated rings. The second-order valence-corrected chi connectivity index (χ2v) is 0.638. The van der Waals surface area contributed by atoms with Crippen LogP contribution in [0.1, 0.15) is 0 Å². The first-order valence-corrected chi connectivity index (χ1v) is 1.79. The molecule has 0 spiro atoms. The smallest absolute Gasteiger partial charge is 0.0766 e. The van der Waals surface area contributed by atoms with E-state index in [2.05, 4.69) is 23.6 Å². The van der Waals surface area contributed by atoms with E-state index in [0.29, 0.717) is 0 Å². The lowest BCUT2D eigenvalue weighted by Gasteiger charge is -1.73. The van der Waals surface area contributed by atoms with E-state index in [9.17, 15) is 0 Å². The van der Waals surface area contributed by atoms with Gasteiger partial charge in [-0.15, -0.1) is 0 Å². The van der Waals surface area contributed by atoms with Crippen LogP contribution in [0.5, 0.6) is 0 Å². The van der Waals surface area contributed by atoms with E-state index in [1.807, 2.05) is 0 Å². The first-order chi connectivity index (χ1) is 3.33. The summed E-state index contributed by atoms with van der Waals surface area (Å²) in [6.45, 7) is 6.40. The minimum atomic E-state index is 1.25. The van der Waals surface area contributed by atoms with Crippen molar-refractivity contribution in [3.05, 3.63) is 25.6 Å². The Balaban J connectivity index is 0. The van der Waals surface area contributed by atoms with Crippen molar-refractivity contribution in [2.75, 3.05) is 7.11 Å². The molecule has 0 radical (unpaired) electrons. The van der Waals surface area contributed by atoms with E-state index >= 15 is 0 Å². The Hall–Kier alpha value is -0.920. The van der Waals surface area contributed by atoms with Crippen LogP contribution in [-0.4, -0.2) is 7.11 Å². The molecule has 0 amide bonds. The highest BCUT2D eigenvalue weighted by Crippen LogP contribution is 1.52. The molecule has 0 bridgehead atoms. The maximum atomic E-state index is 4.61. The van der Waals surface area contributed by atoms with Crippen LogP contribution in [0.3, 0.4) is 0 Å². The minimum absolute atomic E-state index is 1.25. The fourth-order valence-corrected chi connectivity index (χ4v) is 0. The molecular weight excluding hydrogens is 90.1 g/mol. The third-order valence-corrected chi connectivity index (χ3v) is 0.167. The average molecular weight is 101 g/mol. The summed E-state index contributed by atoms with van der Waals surface area (Å²) in [5.74, 6) is 0. The molecule has 0 atom stereocenters. The zero-order valence-corrected chi connectivity index (χ0v) is 4.55. The van der Waals surface area contributed by atoms with Gasteiger partial charge in [0.05, 0.1) is 13.4 Å². The predicted molar refractivity (Wildman–Crippen MR) is 31.6 cm³/mol. The molecule has 0 aromatic rings. The summed E-state index contributed by atoms with van der Waals surface area (Å²) in [6, 6.07) is 0. The Labute approximate surface area is 44.3 Å². The lowest BCUT2D eigenvalue weighted by Crippen LogP contribution is -1.67. The topological polar surface area (TPSA) is 35.2 Å². The van der Waals surface area contributed by atoms with Crippen LogP contribution in [0.15, 0.2) is 25.6 Å². The highest BCUT2D eigenvalue weighted by atomic mass is 16.5. The fraction of sp³-hybridized carbons (Fsp3) is 0.200. The molecule has 0 saturated carbocycles. The highest BCUT2D eigenvalue weighted by molar-refractivity contribution is 4.48. The van der Waals surface area contributed by atoms with E-state index in [1.54, 1.807) is 7.11 Å². The van der Waals surface area contributed by atoms with Crippen molar-refractivity contribution in [3.63, 3.8) is 0 Å². The number of ether oxygens (including phenoxy) is 1. The van der Waals surface area contributed by atoms with Crippen molar-refractivity contribution in [2.45, 2.75) is 0 Å². The monoisotopic (exact) mass is 101 g/mol. The number of methoxy groups -OCH3 is 1. The van der Waals surface area contributed by atoms with Gasteiger partial charge in [-0.1, -0.05) is 13.2 Å². The van der Waals surface area contributed by atoms with E-state index in [4.69, 9.17) is 0 Å². The standard InChI is InChI=1S/C3H6O.C2H5N/c1-3-4-2;1-2-3/h3H,1H2,2H3;2H,1,3H2. The van der Waals surface area contributed by atoms with Gasteiger partial charge in [-0.25, -0.2) is 0 Å². The Morgan fingerprint density at radius 2 is 1.71 bits per heavy atom. The van der Waals surface area contributed by atoms with Crippen molar-refractivity contribution in [3.8, 4) is 0 Å². The van der Waals surface area contributed by atoms with Gasteiger partial charge in [-0.05, 0) is 6.20 Å². The predicted octanol–water partition coefficient (Wildman–Crippen LogP) is 0.865. The number of nitrogens with two attached hydrogens (primary N) is 1. The molecular formula is C5H11NO. The molecule has 0 aromatic heterocycles. The fourth-order valence-electron chi connectivity index (χ4n) is 0. The van der Waals surface area contributed by atoms with Crippen LogP contribution < -0.4 is 5.73 Å². The molecule has 0 unspecified atom stereocenters. The van der Waals surface area contributed by atoms with Gasteiger partial charge in [0.2, 0.25) is 0 Å². The minimum Gasteiger partial charge on any atom is -0.505 e. The lowest BCUT2D eigenvalue weighted by atomic mass is 11.1. The summed E-state index contributed by atoms with van der Waals surface area (Å²) < 4.78 is 4.31. The molecule has 0 saturated heterocycles. The Morgan fingerprint density at radius 1 is 1.57 bits per heavy atom. The molecule has 2 N–H and O–H groups in total. The summed E-state index contributed by atoms with van der Waals surface area (Å²) in [6.07, 6.45) is 2.62. The third-order valence-electron chi connectivity index (χ3n) is 0.167. The third kappa shape index (κ3) is 7530. The summed E-state index contributed by atoms with van der Waals surface area (Å²) in [7, 11) is 1.56. The molecule has 0 rings (SSSR count). The van der Waals surface area contributed by atoms with Crippen LogP contribution in [0.4, 0.5) is 0 Å². The molecule has 2 heteroatoms. The molecule has 0 aliphatic heterocycles. The molecule has 42 valence electrons. The molecule has 0 heterocycles. The molecule has 0 aliphatic carbocycles. The van der Waals surface area contributed by atoms with E-state index in [0.717, 1.165) is 0 Å². The Morgan fingerprint density at radius 3 is 1.71 bits per heavy atom. The van der Waals surface area contributed by atoms with Gasteiger partial charge in [0, 0.05) is 0 Å². The molecule has 2 nitrogen and oxygen atoms in total.